The first-order valence-corrected chi connectivity index (χ1v) is 5.34. The predicted octanol–water partition coefficient (Wildman–Crippen LogP) is 2.86. The lowest BCUT2D eigenvalue weighted by Crippen LogP contribution is -2.24. The van der Waals surface area contributed by atoms with Crippen LogP contribution in [-0.2, 0) is 4.74 Å². The second-order valence-electron chi connectivity index (χ2n) is 3.28. The zero-order valence-electron chi connectivity index (χ0n) is 8.35. The predicted molar refractivity (Wildman–Crippen MR) is 61.8 cm³/mol. The molecule has 1 fully saturated rings. The van der Waals surface area contributed by atoms with E-state index in [9.17, 15) is 14.9 Å². The largest absolute Gasteiger partial charge is 0.447 e. The van der Waals surface area contributed by atoms with Crippen molar-refractivity contribution in [3.63, 3.8) is 0 Å². The zero-order valence-corrected chi connectivity index (χ0v) is 9.86. The maximum atomic E-state index is 11.4. The van der Waals surface area contributed by atoms with Crippen molar-refractivity contribution in [2.45, 2.75) is 0 Å². The summed E-state index contributed by atoms with van der Waals surface area (Å²) in [6.07, 6.45) is -0.567. The molecule has 0 saturated carbocycles. The third-order valence-electron chi connectivity index (χ3n) is 2.24. The number of ether oxygens (including phenoxy) is 1. The molecule has 1 aliphatic heterocycles. The molecule has 90 valence electrons. The Labute approximate surface area is 106 Å². The van der Waals surface area contributed by atoms with E-state index in [1.807, 2.05) is 0 Å². The van der Waals surface area contributed by atoms with Gasteiger partial charge in [0.25, 0.3) is 5.69 Å². The van der Waals surface area contributed by atoms with Gasteiger partial charge in [0.15, 0.2) is 0 Å². The maximum Gasteiger partial charge on any atom is 0.414 e. The van der Waals surface area contributed by atoms with Crippen molar-refractivity contribution in [1.82, 2.24) is 0 Å². The summed E-state index contributed by atoms with van der Waals surface area (Å²) in [6, 6.07) is 2.29. The number of hydrogen-bond acceptors (Lipinski definition) is 4. The lowest BCUT2D eigenvalue weighted by atomic mass is 10.2. The first-order valence-electron chi connectivity index (χ1n) is 4.58. The second-order valence-corrected chi connectivity index (χ2v) is 4.10. The number of benzene rings is 1. The van der Waals surface area contributed by atoms with Crippen LogP contribution in [-0.4, -0.2) is 24.2 Å². The van der Waals surface area contributed by atoms with Crippen LogP contribution in [0.4, 0.5) is 16.2 Å². The lowest BCUT2D eigenvalue weighted by Gasteiger charge is -2.15. The van der Waals surface area contributed by atoms with Gasteiger partial charge in [-0.2, -0.15) is 0 Å². The van der Waals surface area contributed by atoms with Crippen LogP contribution in [0.5, 0.6) is 0 Å². The van der Waals surface area contributed by atoms with E-state index in [1.54, 1.807) is 0 Å². The van der Waals surface area contributed by atoms with Crippen LogP contribution in [0.25, 0.3) is 0 Å². The molecule has 1 saturated heterocycles. The van der Waals surface area contributed by atoms with Crippen LogP contribution in [0, 0.1) is 10.1 Å². The fraction of sp³-hybridized carbons (Fsp3) is 0.222. The van der Waals surface area contributed by atoms with E-state index in [4.69, 9.17) is 27.9 Å². The van der Waals surface area contributed by atoms with Crippen molar-refractivity contribution in [2.75, 3.05) is 18.1 Å². The standard InChI is InChI=1S/C9H6Cl2N2O4/c10-6-3-5(13(15)16)4-7(11)8(6)12-1-2-17-9(12)14/h3-4H,1-2H2. The summed E-state index contributed by atoms with van der Waals surface area (Å²) >= 11 is 11.8. The Balaban J connectivity index is 2.48. The number of nitro groups is 1. The fourth-order valence-corrected chi connectivity index (χ4v) is 2.19. The molecule has 0 spiro atoms. The van der Waals surface area contributed by atoms with E-state index in [0.29, 0.717) is 6.54 Å². The van der Waals surface area contributed by atoms with Gasteiger partial charge in [0.1, 0.15) is 6.61 Å². The number of nitrogens with zero attached hydrogens (tertiary/aromatic N) is 2. The van der Waals surface area contributed by atoms with Gasteiger partial charge >= 0.3 is 6.09 Å². The molecule has 17 heavy (non-hydrogen) atoms. The molecular weight excluding hydrogens is 271 g/mol. The van der Waals surface area contributed by atoms with Crippen molar-refractivity contribution in [3.05, 3.63) is 32.3 Å². The van der Waals surface area contributed by atoms with Crippen molar-refractivity contribution < 1.29 is 14.5 Å². The molecule has 0 unspecified atom stereocenters. The molecule has 0 aliphatic carbocycles. The summed E-state index contributed by atoms with van der Waals surface area (Å²) in [4.78, 5) is 22.6. The Bertz CT molecular complexity index is 483. The summed E-state index contributed by atoms with van der Waals surface area (Å²) in [7, 11) is 0. The number of rotatable bonds is 2. The van der Waals surface area contributed by atoms with Crippen LogP contribution in [0.3, 0.4) is 0 Å². The topological polar surface area (TPSA) is 72.7 Å². The lowest BCUT2D eigenvalue weighted by molar-refractivity contribution is -0.384. The minimum Gasteiger partial charge on any atom is -0.447 e. The fourth-order valence-electron chi connectivity index (χ4n) is 1.51. The number of nitro benzene ring substituents is 1. The van der Waals surface area contributed by atoms with Gasteiger partial charge in [0.05, 0.1) is 27.2 Å². The smallest absolute Gasteiger partial charge is 0.414 e. The number of anilines is 1. The van der Waals surface area contributed by atoms with Crippen molar-refractivity contribution in [1.29, 1.82) is 0 Å². The quantitative estimate of drug-likeness (QED) is 0.615. The highest BCUT2D eigenvalue weighted by Gasteiger charge is 2.29. The zero-order chi connectivity index (χ0) is 12.6. The van der Waals surface area contributed by atoms with Crippen LogP contribution >= 0.6 is 23.2 Å². The summed E-state index contributed by atoms with van der Waals surface area (Å²) in [5.41, 5.74) is 0.0118. The number of hydrogen-bond donors (Lipinski definition) is 0. The van der Waals surface area contributed by atoms with Crippen LogP contribution in [0.1, 0.15) is 0 Å². The number of carbonyl (C=O) groups is 1. The normalized spacial score (nSPS) is 14.9. The average Bonchev–Trinajstić information content (AvgIpc) is 2.64. The van der Waals surface area contributed by atoms with Crippen molar-refractivity contribution in [3.8, 4) is 0 Å². The second kappa shape index (κ2) is 4.38. The minimum absolute atomic E-state index is 0.0445. The Morgan fingerprint density at radius 1 is 1.35 bits per heavy atom. The Morgan fingerprint density at radius 2 is 1.94 bits per heavy atom. The van der Waals surface area contributed by atoms with Gasteiger partial charge in [-0.25, -0.2) is 4.79 Å². The Hall–Kier alpha value is -1.53. The van der Waals surface area contributed by atoms with Gasteiger partial charge in [-0.05, 0) is 0 Å². The number of cyclic esters (lactones) is 1. The highest BCUT2D eigenvalue weighted by Crippen LogP contribution is 2.38. The van der Waals surface area contributed by atoms with Gasteiger partial charge in [0.2, 0.25) is 0 Å². The van der Waals surface area contributed by atoms with E-state index in [1.165, 1.54) is 4.90 Å². The van der Waals surface area contributed by atoms with Crippen molar-refractivity contribution >= 4 is 40.7 Å². The van der Waals surface area contributed by atoms with E-state index < -0.39 is 11.0 Å². The van der Waals surface area contributed by atoms with E-state index in [2.05, 4.69) is 0 Å². The van der Waals surface area contributed by atoms with Crippen molar-refractivity contribution in [2.24, 2.45) is 0 Å². The molecule has 1 heterocycles. The molecule has 0 aromatic heterocycles. The third kappa shape index (κ3) is 2.13. The summed E-state index contributed by atoms with van der Waals surface area (Å²) in [5, 5.41) is 10.7. The highest BCUT2D eigenvalue weighted by atomic mass is 35.5. The molecule has 1 aliphatic rings. The average molecular weight is 277 g/mol. The minimum atomic E-state index is -0.607. The number of halogens is 2. The molecule has 1 amide bonds. The first kappa shape index (κ1) is 11.9. The number of amides is 1. The SMILES string of the molecule is O=C1OCCN1c1c(Cl)cc([N+](=O)[O-])cc1Cl. The number of carbonyl (C=O) groups excluding carboxylic acids is 1. The molecule has 0 radical (unpaired) electrons. The monoisotopic (exact) mass is 276 g/mol. The molecule has 2 rings (SSSR count). The summed E-state index contributed by atoms with van der Waals surface area (Å²) < 4.78 is 4.74. The van der Waals surface area contributed by atoms with Gasteiger partial charge < -0.3 is 4.74 Å². The molecule has 6 nitrogen and oxygen atoms in total. The van der Waals surface area contributed by atoms with Gasteiger partial charge in [-0.1, -0.05) is 23.2 Å². The number of non-ortho nitro benzene ring substituents is 1. The van der Waals surface area contributed by atoms with E-state index in [0.717, 1.165) is 12.1 Å². The first-order chi connectivity index (χ1) is 8.00. The van der Waals surface area contributed by atoms with E-state index >= 15 is 0 Å². The highest BCUT2D eigenvalue weighted by molar-refractivity contribution is 6.40. The molecule has 0 N–H and O–H groups in total. The van der Waals surface area contributed by atoms with Gasteiger partial charge in [0, 0.05) is 12.1 Å². The van der Waals surface area contributed by atoms with Crippen LogP contribution in [0.15, 0.2) is 12.1 Å². The molecule has 0 atom stereocenters. The van der Waals surface area contributed by atoms with Gasteiger partial charge in [-0.15, -0.1) is 0 Å². The Kier molecular flexibility index (Phi) is 3.08. The molecule has 8 heteroatoms. The van der Waals surface area contributed by atoms with E-state index in [-0.39, 0.29) is 28.0 Å². The maximum absolute atomic E-state index is 11.4. The Morgan fingerprint density at radius 3 is 2.35 bits per heavy atom. The third-order valence-corrected chi connectivity index (χ3v) is 2.82. The summed E-state index contributed by atoms with van der Waals surface area (Å²) in [6.45, 7) is 0.554. The molecular formula is C9H6Cl2N2O4. The van der Waals surface area contributed by atoms with Gasteiger partial charge in [-0.3, -0.25) is 15.0 Å². The summed E-state index contributed by atoms with van der Waals surface area (Å²) in [5.74, 6) is 0. The molecule has 1 aromatic rings. The van der Waals surface area contributed by atoms with Crippen LogP contribution < -0.4 is 4.90 Å². The molecule has 1 aromatic carbocycles. The van der Waals surface area contributed by atoms with Crippen LogP contribution in [0.2, 0.25) is 10.0 Å². The molecule has 0 bridgehead atoms.